The standard InChI is InChI=1S/C24H28N2O2/c1-17(28-24(2,3)4)26-23-10-6-9-20-11-12-21(14-22(20)23)27-16-19-8-5-7-18(13-19)15-25/h5,7-8,11-14,23,26H,1,6,9-10,16H2,2-4H3. The molecule has 0 bridgehead atoms. The van der Waals surface area contributed by atoms with Crippen molar-refractivity contribution in [1.82, 2.24) is 5.32 Å². The Bertz CT molecular complexity index is 890. The van der Waals surface area contributed by atoms with Crippen molar-refractivity contribution >= 4 is 0 Å². The number of benzene rings is 2. The van der Waals surface area contributed by atoms with Crippen molar-refractivity contribution in [3.8, 4) is 11.8 Å². The number of ether oxygens (including phenoxy) is 2. The van der Waals surface area contributed by atoms with Crippen LogP contribution in [0.2, 0.25) is 0 Å². The van der Waals surface area contributed by atoms with Crippen molar-refractivity contribution in [2.24, 2.45) is 0 Å². The van der Waals surface area contributed by atoms with Gasteiger partial charge in [-0.15, -0.1) is 0 Å². The lowest BCUT2D eigenvalue weighted by atomic mass is 9.87. The van der Waals surface area contributed by atoms with Crippen molar-refractivity contribution in [1.29, 1.82) is 5.26 Å². The first kappa shape index (κ1) is 19.8. The van der Waals surface area contributed by atoms with Crippen LogP contribution in [0.3, 0.4) is 0 Å². The number of fused-ring (bicyclic) bond motifs is 1. The third kappa shape index (κ3) is 5.29. The number of nitrogens with zero attached hydrogens (tertiary/aromatic N) is 1. The third-order valence-corrected chi connectivity index (χ3v) is 4.66. The Labute approximate surface area is 167 Å². The second-order valence-electron chi connectivity index (χ2n) is 8.19. The number of nitrogens with one attached hydrogen (secondary N) is 1. The lowest BCUT2D eigenvalue weighted by Gasteiger charge is -2.31. The van der Waals surface area contributed by atoms with Crippen LogP contribution in [0.25, 0.3) is 0 Å². The van der Waals surface area contributed by atoms with Crippen LogP contribution >= 0.6 is 0 Å². The molecule has 0 aromatic heterocycles. The zero-order chi connectivity index (χ0) is 20.1. The number of aryl methyl sites for hydroxylation is 1. The topological polar surface area (TPSA) is 54.3 Å². The minimum absolute atomic E-state index is 0.170. The Morgan fingerprint density at radius 2 is 2.07 bits per heavy atom. The smallest absolute Gasteiger partial charge is 0.180 e. The summed E-state index contributed by atoms with van der Waals surface area (Å²) in [7, 11) is 0. The van der Waals surface area contributed by atoms with E-state index >= 15 is 0 Å². The van der Waals surface area contributed by atoms with Crippen molar-refractivity contribution in [3.63, 3.8) is 0 Å². The molecule has 1 N–H and O–H groups in total. The van der Waals surface area contributed by atoms with E-state index in [-0.39, 0.29) is 11.6 Å². The summed E-state index contributed by atoms with van der Waals surface area (Å²) in [5.41, 5.74) is 3.94. The lowest BCUT2D eigenvalue weighted by molar-refractivity contribution is 0.0376. The van der Waals surface area contributed by atoms with Gasteiger partial charge in [-0.1, -0.05) is 18.2 Å². The predicted molar refractivity (Wildman–Crippen MR) is 111 cm³/mol. The van der Waals surface area contributed by atoms with Gasteiger partial charge in [0.15, 0.2) is 5.88 Å². The van der Waals surface area contributed by atoms with Gasteiger partial charge < -0.3 is 14.8 Å². The number of hydrogen-bond donors (Lipinski definition) is 1. The fraction of sp³-hybridized carbons (Fsp3) is 0.375. The van der Waals surface area contributed by atoms with Gasteiger partial charge in [-0.25, -0.2) is 0 Å². The monoisotopic (exact) mass is 376 g/mol. The van der Waals surface area contributed by atoms with Crippen LogP contribution in [-0.2, 0) is 17.8 Å². The van der Waals surface area contributed by atoms with E-state index < -0.39 is 0 Å². The highest BCUT2D eigenvalue weighted by Crippen LogP contribution is 2.33. The lowest BCUT2D eigenvalue weighted by Crippen LogP contribution is -2.30. The Kier molecular flexibility index (Phi) is 5.94. The second-order valence-corrected chi connectivity index (χ2v) is 8.19. The van der Waals surface area contributed by atoms with Gasteiger partial charge in [0, 0.05) is 0 Å². The zero-order valence-corrected chi connectivity index (χ0v) is 16.9. The largest absolute Gasteiger partial charge is 0.489 e. The van der Waals surface area contributed by atoms with Crippen LogP contribution in [0.5, 0.6) is 5.75 Å². The first-order valence-corrected chi connectivity index (χ1v) is 9.73. The SMILES string of the molecule is C=C(NC1CCCc2ccc(OCc3cccc(C#N)c3)cc21)OC(C)(C)C. The summed E-state index contributed by atoms with van der Waals surface area (Å²) < 4.78 is 11.9. The van der Waals surface area contributed by atoms with E-state index in [0.29, 0.717) is 18.1 Å². The quantitative estimate of drug-likeness (QED) is 0.687. The van der Waals surface area contributed by atoms with Crippen LogP contribution in [-0.4, -0.2) is 5.60 Å². The molecule has 4 heteroatoms. The van der Waals surface area contributed by atoms with Crippen LogP contribution in [0.15, 0.2) is 54.9 Å². The van der Waals surface area contributed by atoms with E-state index in [0.717, 1.165) is 30.6 Å². The fourth-order valence-corrected chi connectivity index (χ4v) is 3.51. The van der Waals surface area contributed by atoms with E-state index in [2.05, 4.69) is 30.1 Å². The predicted octanol–water partition coefficient (Wildman–Crippen LogP) is 5.39. The normalized spacial score (nSPS) is 15.9. The van der Waals surface area contributed by atoms with Crippen molar-refractivity contribution in [2.45, 2.75) is 58.3 Å². The molecule has 0 amide bonds. The summed E-state index contributed by atoms with van der Waals surface area (Å²) in [6, 6.07) is 16.1. The minimum Gasteiger partial charge on any atom is -0.489 e. The van der Waals surface area contributed by atoms with Gasteiger partial charge in [0.25, 0.3) is 0 Å². The van der Waals surface area contributed by atoms with Crippen LogP contribution in [0.4, 0.5) is 0 Å². The molecule has 0 spiro atoms. The molecule has 1 aliphatic carbocycles. The Morgan fingerprint density at radius 1 is 1.25 bits per heavy atom. The molecule has 3 rings (SSSR count). The molecular weight excluding hydrogens is 348 g/mol. The van der Waals surface area contributed by atoms with Gasteiger partial charge in [0.2, 0.25) is 0 Å². The van der Waals surface area contributed by atoms with Crippen molar-refractivity contribution in [2.75, 3.05) is 0 Å². The van der Waals surface area contributed by atoms with E-state index in [1.54, 1.807) is 6.07 Å². The highest BCUT2D eigenvalue weighted by Gasteiger charge is 2.23. The maximum Gasteiger partial charge on any atom is 0.180 e. The summed E-state index contributed by atoms with van der Waals surface area (Å²) in [5, 5.41) is 12.5. The minimum atomic E-state index is -0.273. The Hall–Kier alpha value is -2.93. The molecule has 1 atom stereocenters. The average Bonchev–Trinajstić information content (AvgIpc) is 2.65. The summed E-state index contributed by atoms with van der Waals surface area (Å²) in [6.45, 7) is 10.5. The van der Waals surface area contributed by atoms with Crippen molar-refractivity contribution in [3.05, 3.63) is 77.2 Å². The van der Waals surface area contributed by atoms with Crippen LogP contribution in [0, 0.1) is 11.3 Å². The first-order valence-electron chi connectivity index (χ1n) is 9.73. The molecule has 146 valence electrons. The van der Waals surface area contributed by atoms with Gasteiger partial charge in [0.05, 0.1) is 17.7 Å². The van der Waals surface area contributed by atoms with E-state index in [4.69, 9.17) is 14.7 Å². The number of hydrogen-bond acceptors (Lipinski definition) is 4. The maximum absolute atomic E-state index is 9.04. The third-order valence-electron chi connectivity index (χ3n) is 4.66. The Balaban J connectivity index is 1.71. The molecule has 2 aromatic rings. The molecule has 1 aliphatic rings. The molecule has 0 fully saturated rings. The summed E-state index contributed by atoms with van der Waals surface area (Å²) in [5.74, 6) is 1.43. The van der Waals surface area contributed by atoms with E-state index in [1.165, 1.54) is 11.1 Å². The molecule has 1 unspecified atom stereocenters. The average molecular weight is 377 g/mol. The zero-order valence-electron chi connectivity index (χ0n) is 16.9. The molecule has 0 radical (unpaired) electrons. The van der Waals surface area contributed by atoms with E-state index in [9.17, 15) is 0 Å². The van der Waals surface area contributed by atoms with Gasteiger partial charge >= 0.3 is 0 Å². The summed E-state index contributed by atoms with van der Waals surface area (Å²) in [4.78, 5) is 0. The molecule has 28 heavy (non-hydrogen) atoms. The van der Waals surface area contributed by atoms with Crippen LogP contribution < -0.4 is 10.1 Å². The highest BCUT2D eigenvalue weighted by atomic mass is 16.5. The maximum atomic E-state index is 9.04. The highest BCUT2D eigenvalue weighted by molar-refractivity contribution is 5.40. The molecule has 0 saturated heterocycles. The first-order chi connectivity index (χ1) is 13.3. The molecule has 4 nitrogen and oxygen atoms in total. The summed E-state index contributed by atoms with van der Waals surface area (Å²) >= 11 is 0. The molecule has 0 saturated carbocycles. The molecule has 0 heterocycles. The van der Waals surface area contributed by atoms with Gasteiger partial charge in [0.1, 0.15) is 18.0 Å². The Morgan fingerprint density at radius 3 is 2.82 bits per heavy atom. The number of nitriles is 1. The molecule has 2 aromatic carbocycles. The van der Waals surface area contributed by atoms with E-state index in [1.807, 2.05) is 45.0 Å². The van der Waals surface area contributed by atoms with Gasteiger partial charge in [-0.05, 0) is 87.6 Å². The fourth-order valence-electron chi connectivity index (χ4n) is 3.51. The second kappa shape index (κ2) is 8.39. The van der Waals surface area contributed by atoms with Gasteiger partial charge in [-0.3, -0.25) is 0 Å². The van der Waals surface area contributed by atoms with Gasteiger partial charge in [-0.2, -0.15) is 5.26 Å². The summed E-state index contributed by atoms with van der Waals surface area (Å²) in [6.07, 6.45) is 3.24. The van der Waals surface area contributed by atoms with Crippen molar-refractivity contribution < 1.29 is 9.47 Å². The van der Waals surface area contributed by atoms with Crippen LogP contribution in [0.1, 0.15) is 61.9 Å². The number of rotatable bonds is 6. The molecule has 0 aliphatic heterocycles. The molecular formula is C24H28N2O2.